The Hall–Kier alpha value is -2.83. The van der Waals surface area contributed by atoms with E-state index in [-0.39, 0.29) is 17.9 Å². The maximum Gasteiger partial charge on any atom is 0.407 e. The van der Waals surface area contributed by atoms with Crippen molar-refractivity contribution in [3.63, 3.8) is 0 Å². The fourth-order valence-electron chi connectivity index (χ4n) is 2.11. The maximum absolute atomic E-state index is 13.2. The average Bonchev–Trinajstić information content (AvgIpc) is 2.95. The Labute approximate surface area is 144 Å². The first-order valence-corrected chi connectivity index (χ1v) is 7.62. The zero-order chi connectivity index (χ0) is 18.6. The van der Waals surface area contributed by atoms with Gasteiger partial charge in [0.2, 0.25) is 0 Å². The van der Waals surface area contributed by atoms with Crippen molar-refractivity contribution >= 4 is 28.6 Å². The van der Waals surface area contributed by atoms with Gasteiger partial charge in [-0.1, -0.05) is 0 Å². The van der Waals surface area contributed by atoms with Crippen LogP contribution in [0.3, 0.4) is 0 Å². The van der Waals surface area contributed by atoms with Crippen LogP contribution in [0.4, 0.5) is 9.18 Å². The van der Waals surface area contributed by atoms with Gasteiger partial charge in [0, 0.05) is 11.0 Å². The van der Waals surface area contributed by atoms with Crippen LogP contribution >= 0.6 is 0 Å². The number of carbonyl (C=O) groups excluding carboxylic acids is 2. The lowest BCUT2D eigenvalue weighted by Crippen LogP contribution is -2.33. The third-order valence-corrected chi connectivity index (χ3v) is 3.21. The van der Waals surface area contributed by atoms with Crippen LogP contribution in [-0.4, -0.2) is 31.3 Å². The van der Waals surface area contributed by atoms with Crippen LogP contribution in [0.2, 0.25) is 0 Å². The highest BCUT2D eigenvalue weighted by Gasteiger charge is 2.17. The molecule has 2 rings (SSSR count). The standard InChI is InChI=1S/C18H20FNO5/c1-18(2,3)25-17(22)20-10-13(9-19)15-8-12-7-11(16(21)23-4)5-6-14(12)24-15/h5-9H,10H2,1-4H3,(H,20,22)/b13-9+. The van der Waals surface area contributed by atoms with Crippen LogP contribution in [0, 0.1) is 0 Å². The molecule has 134 valence electrons. The van der Waals surface area contributed by atoms with Crippen LogP contribution in [-0.2, 0) is 9.47 Å². The molecule has 0 unspecified atom stereocenters. The van der Waals surface area contributed by atoms with Crippen molar-refractivity contribution in [2.45, 2.75) is 26.4 Å². The molecule has 0 aliphatic carbocycles. The normalized spacial score (nSPS) is 12.1. The number of ether oxygens (including phenoxy) is 2. The van der Waals surface area contributed by atoms with Gasteiger partial charge in [0.25, 0.3) is 0 Å². The molecule has 0 atom stereocenters. The van der Waals surface area contributed by atoms with E-state index in [0.29, 0.717) is 22.9 Å². The molecule has 1 aromatic heterocycles. The van der Waals surface area contributed by atoms with Gasteiger partial charge >= 0.3 is 12.1 Å². The van der Waals surface area contributed by atoms with Gasteiger partial charge in [0.15, 0.2) is 0 Å². The number of hydrogen-bond acceptors (Lipinski definition) is 5. The number of hydrogen-bond donors (Lipinski definition) is 1. The number of nitrogens with one attached hydrogen (secondary N) is 1. The summed E-state index contributed by atoms with van der Waals surface area (Å²) in [5.74, 6) is -0.229. The Bertz CT molecular complexity index is 816. The van der Waals surface area contributed by atoms with Gasteiger partial charge in [-0.2, -0.15) is 0 Å². The number of esters is 1. The minimum absolute atomic E-state index is 0.102. The van der Waals surface area contributed by atoms with Gasteiger partial charge in [-0.3, -0.25) is 0 Å². The van der Waals surface area contributed by atoms with E-state index in [0.717, 1.165) is 0 Å². The summed E-state index contributed by atoms with van der Waals surface area (Å²) >= 11 is 0. The van der Waals surface area contributed by atoms with Gasteiger partial charge in [0.05, 0.1) is 25.5 Å². The van der Waals surface area contributed by atoms with Crippen molar-refractivity contribution in [1.29, 1.82) is 0 Å². The Morgan fingerprint density at radius 2 is 2.00 bits per heavy atom. The second kappa shape index (κ2) is 7.38. The zero-order valence-corrected chi connectivity index (χ0v) is 14.5. The second-order valence-electron chi connectivity index (χ2n) is 6.34. The van der Waals surface area contributed by atoms with E-state index in [1.165, 1.54) is 7.11 Å². The molecule has 1 heterocycles. The minimum Gasteiger partial charge on any atom is -0.465 e. The SMILES string of the molecule is COC(=O)c1ccc2oc(/C(=C/F)CNC(=O)OC(C)(C)C)cc2c1. The first-order valence-electron chi connectivity index (χ1n) is 7.62. The number of alkyl carbamates (subject to hydrolysis) is 1. The molecule has 6 nitrogen and oxygen atoms in total. The number of fused-ring (bicyclic) bond motifs is 1. The summed E-state index contributed by atoms with van der Waals surface area (Å²) in [4.78, 5) is 23.2. The van der Waals surface area contributed by atoms with Crippen LogP contribution in [0.25, 0.3) is 16.5 Å². The van der Waals surface area contributed by atoms with Crippen LogP contribution < -0.4 is 5.32 Å². The lowest BCUT2D eigenvalue weighted by molar-refractivity contribution is 0.0533. The fourth-order valence-corrected chi connectivity index (χ4v) is 2.11. The van der Waals surface area contributed by atoms with Gasteiger partial charge in [-0.25, -0.2) is 14.0 Å². The number of benzene rings is 1. The first kappa shape index (κ1) is 18.5. The molecule has 25 heavy (non-hydrogen) atoms. The first-order chi connectivity index (χ1) is 11.7. The molecule has 0 aliphatic heterocycles. The molecule has 0 radical (unpaired) electrons. The number of amides is 1. The highest BCUT2D eigenvalue weighted by molar-refractivity contribution is 5.94. The van der Waals surface area contributed by atoms with Gasteiger partial charge < -0.3 is 19.2 Å². The predicted octanol–water partition coefficient (Wildman–Crippen LogP) is 4.05. The molecule has 1 N–H and O–H groups in total. The van der Waals surface area contributed by atoms with Crippen molar-refractivity contribution < 1.29 is 27.9 Å². The number of carbonyl (C=O) groups is 2. The molecular weight excluding hydrogens is 329 g/mol. The quantitative estimate of drug-likeness (QED) is 0.843. The molecule has 1 amide bonds. The maximum atomic E-state index is 13.2. The predicted molar refractivity (Wildman–Crippen MR) is 90.9 cm³/mol. The summed E-state index contributed by atoms with van der Waals surface area (Å²) in [5.41, 5.74) is 0.341. The number of rotatable bonds is 4. The Morgan fingerprint density at radius 1 is 1.28 bits per heavy atom. The van der Waals surface area contributed by atoms with Crippen molar-refractivity contribution in [2.24, 2.45) is 0 Å². The third kappa shape index (κ3) is 4.82. The fraction of sp³-hybridized carbons (Fsp3) is 0.333. The summed E-state index contributed by atoms with van der Waals surface area (Å²) in [7, 11) is 1.29. The van der Waals surface area contributed by atoms with Crippen LogP contribution in [0.5, 0.6) is 0 Å². The van der Waals surface area contributed by atoms with Crippen LogP contribution in [0.15, 0.2) is 35.0 Å². The van der Waals surface area contributed by atoms with E-state index in [2.05, 4.69) is 10.1 Å². The summed E-state index contributed by atoms with van der Waals surface area (Å²) in [6, 6.07) is 6.33. The summed E-state index contributed by atoms with van der Waals surface area (Å²) < 4.78 is 28.6. The highest BCUT2D eigenvalue weighted by atomic mass is 19.1. The van der Waals surface area contributed by atoms with E-state index < -0.39 is 17.7 Å². The summed E-state index contributed by atoms with van der Waals surface area (Å²) in [6.07, 6.45) is -0.299. The van der Waals surface area contributed by atoms with Gasteiger partial charge in [-0.05, 0) is 45.0 Å². The molecule has 0 aliphatic rings. The van der Waals surface area contributed by atoms with Crippen LogP contribution in [0.1, 0.15) is 36.9 Å². The molecule has 0 fully saturated rings. The molecule has 0 saturated heterocycles. The highest BCUT2D eigenvalue weighted by Crippen LogP contribution is 2.26. The molecule has 2 aromatic rings. The number of furan rings is 1. The van der Waals surface area contributed by atoms with E-state index in [9.17, 15) is 14.0 Å². The molecule has 1 aromatic carbocycles. The van der Waals surface area contributed by atoms with Crippen molar-refractivity contribution in [2.75, 3.05) is 13.7 Å². The molecule has 7 heteroatoms. The lowest BCUT2D eigenvalue weighted by atomic mass is 10.1. The van der Waals surface area contributed by atoms with E-state index in [4.69, 9.17) is 9.15 Å². The van der Waals surface area contributed by atoms with Crippen molar-refractivity contribution in [1.82, 2.24) is 5.32 Å². The molecule has 0 spiro atoms. The number of halogens is 1. The topological polar surface area (TPSA) is 77.8 Å². The number of methoxy groups -OCH3 is 1. The van der Waals surface area contributed by atoms with E-state index >= 15 is 0 Å². The average molecular weight is 349 g/mol. The minimum atomic E-state index is -0.657. The monoisotopic (exact) mass is 349 g/mol. The largest absolute Gasteiger partial charge is 0.465 e. The van der Waals surface area contributed by atoms with Gasteiger partial charge in [0.1, 0.15) is 16.9 Å². The lowest BCUT2D eigenvalue weighted by Gasteiger charge is -2.19. The van der Waals surface area contributed by atoms with E-state index in [1.807, 2.05) is 0 Å². The van der Waals surface area contributed by atoms with Gasteiger partial charge in [-0.15, -0.1) is 0 Å². The second-order valence-corrected chi connectivity index (χ2v) is 6.34. The third-order valence-electron chi connectivity index (χ3n) is 3.21. The summed E-state index contributed by atoms with van der Waals surface area (Å²) in [6.45, 7) is 5.10. The molecule has 0 bridgehead atoms. The Kier molecular flexibility index (Phi) is 5.46. The zero-order valence-electron chi connectivity index (χ0n) is 14.5. The smallest absolute Gasteiger partial charge is 0.407 e. The van der Waals surface area contributed by atoms with Crippen molar-refractivity contribution in [3.8, 4) is 0 Å². The molecular formula is C18H20FNO5. The van der Waals surface area contributed by atoms with Crippen molar-refractivity contribution in [3.05, 3.63) is 41.9 Å². The Balaban J connectivity index is 2.15. The van der Waals surface area contributed by atoms with E-state index in [1.54, 1.807) is 45.0 Å². The summed E-state index contributed by atoms with van der Waals surface area (Å²) in [5, 5.41) is 3.09. The Morgan fingerprint density at radius 3 is 2.60 bits per heavy atom. The molecule has 0 saturated carbocycles.